The van der Waals surface area contributed by atoms with Crippen LogP contribution in [0, 0.1) is 0 Å². The molecule has 1 rings (SSSR count). The molecule has 0 saturated carbocycles. The lowest BCUT2D eigenvalue weighted by Gasteiger charge is -2.00. The lowest BCUT2D eigenvalue weighted by atomic mass is 10.1. The molecule has 0 aliphatic heterocycles. The number of rotatable bonds is 6. The summed E-state index contributed by atoms with van der Waals surface area (Å²) in [6.45, 7) is 4.11. The van der Waals surface area contributed by atoms with Crippen LogP contribution in [0.1, 0.15) is 18.4 Å². The highest BCUT2D eigenvalue weighted by Crippen LogP contribution is 2.09. The van der Waals surface area contributed by atoms with Crippen molar-refractivity contribution in [3.05, 3.63) is 35.0 Å². The second kappa shape index (κ2) is 6.38. The Kier molecular flexibility index (Phi) is 5.00. The molecule has 0 saturated heterocycles. The summed E-state index contributed by atoms with van der Waals surface area (Å²) < 4.78 is 0. The van der Waals surface area contributed by atoms with Crippen molar-refractivity contribution in [1.82, 2.24) is 5.32 Å². The van der Waals surface area contributed by atoms with Crippen LogP contribution in [0.4, 0.5) is 0 Å². The SMILES string of the molecule is C=CCNC(=O)CCCc1ccsc1. The minimum atomic E-state index is 0.111. The maximum Gasteiger partial charge on any atom is 0.220 e. The van der Waals surface area contributed by atoms with Gasteiger partial charge in [-0.15, -0.1) is 6.58 Å². The minimum absolute atomic E-state index is 0.111. The number of nitrogens with one attached hydrogen (secondary N) is 1. The number of amides is 1. The van der Waals surface area contributed by atoms with Crippen molar-refractivity contribution in [2.75, 3.05) is 6.54 Å². The zero-order valence-corrected chi connectivity index (χ0v) is 8.98. The molecule has 1 N–H and O–H groups in total. The fourth-order valence-electron chi connectivity index (χ4n) is 1.16. The van der Waals surface area contributed by atoms with Gasteiger partial charge >= 0.3 is 0 Å². The van der Waals surface area contributed by atoms with E-state index in [-0.39, 0.29) is 5.91 Å². The van der Waals surface area contributed by atoms with Gasteiger partial charge in [-0.05, 0) is 35.2 Å². The van der Waals surface area contributed by atoms with E-state index in [0.717, 1.165) is 12.8 Å². The number of hydrogen-bond acceptors (Lipinski definition) is 2. The van der Waals surface area contributed by atoms with Crippen LogP contribution >= 0.6 is 11.3 Å². The van der Waals surface area contributed by atoms with Crippen LogP contribution in [-0.2, 0) is 11.2 Å². The lowest BCUT2D eigenvalue weighted by molar-refractivity contribution is -0.120. The van der Waals surface area contributed by atoms with E-state index in [2.05, 4.69) is 28.7 Å². The fourth-order valence-corrected chi connectivity index (χ4v) is 1.87. The second-order valence-corrected chi connectivity index (χ2v) is 3.86. The molecule has 2 nitrogen and oxygen atoms in total. The Morgan fingerprint density at radius 1 is 1.64 bits per heavy atom. The number of carbonyl (C=O) groups is 1. The van der Waals surface area contributed by atoms with E-state index in [9.17, 15) is 4.79 Å². The largest absolute Gasteiger partial charge is 0.353 e. The molecule has 0 radical (unpaired) electrons. The average Bonchev–Trinajstić information content (AvgIpc) is 2.67. The second-order valence-electron chi connectivity index (χ2n) is 3.08. The van der Waals surface area contributed by atoms with E-state index in [4.69, 9.17) is 0 Å². The summed E-state index contributed by atoms with van der Waals surface area (Å²) in [5, 5.41) is 6.95. The zero-order chi connectivity index (χ0) is 10.2. The van der Waals surface area contributed by atoms with E-state index in [0.29, 0.717) is 13.0 Å². The van der Waals surface area contributed by atoms with E-state index in [1.54, 1.807) is 17.4 Å². The van der Waals surface area contributed by atoms with Crippen LogP contribution in [0.15, 0.2) is 29.5 Å². The molecule has 1 amide bonds. The van der Waals surface area contributed by atoms with Gasteiger partial charge in [0.15, 0.2) is 0 Å². The third-order valence-electron chi connectivity index (χ3n) is 1.89. The predicted molar refractivity (Wildman–Crippen MR) is 60.5 cm³/mol. The molecule has 3 heteroatoms. The standard InChI is InChI=1S/C11H15NOS/c1-2-7-12-11(13)5-3-4-10-6-8-14-9-10/h2,6,8-9H,1,3-5,7H2,(H,12,13). The van der Waals surface area contributed by atoms with Gasteiger partial charge in [-0.1, -0.05) is 6.08 Å². The molecule has 0 atom stereocenters. The van der Waals surface area contributed by atoms with E-state index < -0.39 is 0 Å². The van der Waals surface area contributed by atoms with Gasteiger partial charge in [-0.2, -0.15) is 11.3 Å². The Morgan fingerprint density at radius 3 is 3.14 bits per heavy atom. The van der Waals surface area contributed by atoms with Gasteiger partial charge in [-0.25, -0.2) is 0 Å². The highest BCUT2D eigenvalue weighted by atomic mass is 32.1. The summed E-state index contributed by atoms with van der Waals surface area (Å²) in [5.74, 6) is 0.111. The van der Waals surface area contributed by atoms with Crippen LogP contribution in [0.3, 0.4) is 0 Å². The molecule has 0 unspecified atom stereocenters. The molecule has 0 spiro atoms. The molecular formula is C11H15NOS. The Bertz CT molecular complexity index is 279. The van der Waals surface area contributed by atoms with Gasteiger partial charge in [0.05, 0.1) is 0 Å². The van der Waals surface area contributed by atoms with Crippen molar-refractivity contribution in [3.8, 4) is 0 Å². The van der Waals surface area contributed by atoms with Gasteiger partial charge in [0, 0.05) is 13.0 Å². The third-order valence-corrected chi connectivity index (χ3v) is 2.63. The predicted octanol–water partition coefficient (Wildman–Crippen LogP) is 2.37. The van der Waals surface area contributed by atoms with Crippen molar-refractivity contribution in [2.45, 2.75) is 19.3 Å². The average molecular weight is 209 g/mol. The topological polar surface area (TPSA) is 29.1 Å². The maximum absolute atomic E-state index is 11.2. The number of aryl methyl sites for hydroxylation is 1. The normalized spacial score (nSPS) is 9.71. The molecule has 0 aromatic carbocycles. The molecule has 76 valence electrons. The van der Waals surface area contributed by atoms with Crippen molar-refractivity contribution >= 4 is 17.2 Å². The summed E-state index contributed by atoms with van der Waals surface area (Å²) in [6.07, 6.45) is 4.20. The molecule has 1 aromatic heterocycles. The lowest BCUT2D eigenvalue weighted by Crippen LogP contribution is -2.22. The van der Waals surface area contributed by atoms with Crippen LogP contribution < -0.4 is 5.32 Å². The van der Waals surface area contributed by atoms with Crippen molar-refractivity contribution in [3.63, 3.8) is 0 Å². The first-order chi connectivity index (χ1) is 6.83. The number of carbonyl (C=O) groups excluding carboxylic acids is 1. The molecule has 0 aliphatic rings. The first kappa shape index (κ1) is 11.0. The highest BCUT2D eigenvalue weighted by Gasteiger charge is 1.99. The molecule has 0 fully saturated rings. The van der Waals surface area contributed by atoms with Crippen LogP contribution in [0.2, 0.25) is 0 Å². The quantitative estimate of drug-likeness (QED) is 0.716. The first-order valence-electron chi connectivity index (χ1n) is 4.71. The Hall–Kier alpha value is -1.09. The number of hydrogen-bond donors (Lipinski definition) is 1. The van der Waals surface area contributed by atoms with E-state index in [1.165, 1.54) is 5.56 Å². The van der Waals surface area contributed by atoms with E-state index >= 15 is 0 Å². The molecule has 0 bridgehead atoms. The molecule has 1 aromatic rings. The monoisotopic (exact) mass is 209 g/mol. The van der Waals surface area contributed by atoms with Gasteiger partial charge in [0.1, 0.15) is 0 Å². The summed E-state index contributed by atoms with van der Waals surface area (Å²) in [5.41, 5.74) is 1.33. The van der Waals surface area contributed by atoms with Crippen molar-refractivity contribution < 1.29 is 4.79 Å². The Balaban J connectivity index is 2.09. The fraction of sp³-hybridized carbons (Fsp3) is 0.364. The van der Waals surface area contributed by atoms with Gasteiger partial charge < -0.3 is 5.32 Å². The minimum Gasteiger partial charge on any atom is -0.353 e. The van der Waals surface area contributed by atoms with Crippen LogP contribution in [0.25, 0.3) is 0 Å². The summed E-state index contributed by atoms with van der Waals surface area (Å²) in [6, 6.07) is 2.10. The molecule has 14 heavy (non-hydrogen) atoms. The third kappa shape index (κ3) is 4.23. The zero-order valence-electron chi connectivity index (χ0n) is 8.16. The smallest absolute Gasteiger partial charge is 0.220 e. The molecule has 1 heterocycles. The summed E-state index contributed by atoms with van der Waals surface area (Å²) in [4.78, 5) is 11.2. The van der Waals surface area contributed by atoms with Crippen LogP contribution in [0.5, 0.6) is 0 Å². The van der Waals surface area contributed by atoms with Gasteiger partial charge in [-0.3, -0.25) is 4.79 Å². The molecule has 0 aliphatic carbocycles. The van der Waals surface area contributed by atoms with Crippen LogP contribution in [-0.4, -0.2) is 12.5 Å². The van der Waals surface area contributed by atoms with Crippen molar-refractivity contribution in [1.29, 1.82) is 0 Å². The van der Waals surface area contributed by atoms with Crippen molar-refractivity contribution in [2.24, 2.45) is 0 Å². The summed E-state index contributed by atoms with van der Waals surface area (Å²) >= 11 is 1.70. The first-order valence-corrected chi connectivity index (χ1v) is 5.66. The van der Waals surface area contributed by atoms with Gasteiger partial charge in [0.25, 0.3) is 0 Å². The van der Waals surface area contributed by atoms with E-state index in [1.807, 2.05) is 0 Å². The molecular weight excluding hydrogens is 194 g/mol. The maximum atomic E-state index is 11.2. The number of thiophene rings is 1. The van der Waals surface area contributed by atoms with Gasteiger partial charge in [0.2, 0.25) is 5.91 Å². The summed E-state index contributed by atoms with van der Waals surface area (Å²) in [7, 11) is 0. The Morgan fingerprint density at radius 2 is 2.50 bits per heavy atom. The highest BCUT2D eigenvalue weighted by molar-refractivity contribution is 7.07. The Labute approximate surface area is 88.6 Å².